The van der Waals surface area contributed by atoms with Crippen LogP contribution >= 0.6 is 0 Å². The van der Waals surface area contributed by atoms with Gasteiger partial charge in [-0.15, -0.1) is 0 Å². The number of hydroxylamine groups is 3. The highest BCUT2D eigenvalue weighted by atomic mass is 32.2. The molecule has 0 unspecified atom stereocenters. The highest BCUT2D eigenvalue weighted by molar-refractivity contribution is 7.90. The molecule has 0 amide bonds. The molecule has 0 radical (unpaired) electrons. The Bertz CT molecular complexity index is 592. The first-order valence-electron chi connectivity index (χ1n) is 6.82. The minimum Gasteiger partial charge on any atom is -0.633 e. The summed E-state index contributed by atoms with van der Waals surface area (Å²) in [4.78, 5) is -0.251. The lowest BCUT2D eigenvalue weighted by Gasteiger charge is -2.46. The van der Waals surface area contributed by atoms with E-state index in [2.05, 4.69) is 0 Å². The monoisotopic (exact) mass is 301 g/mol. The van der Waals surface area contributed by atoms with Crippen LogP contribution in [-0.4, -0.2) is 39.0 Å². The van der Waals surface area contributed by atoms with Crippen molar-refractivity contribution in [2.24, 2.45) is 0 Å². The molecule has 112 valence electrons. The molecule has 0 saturated carbocycles. The highest BCUT2D eigenvalue weighted by Crippen LogP contribution is 2.34. The van der Waals surface area contributed by atoms with Crippen LogP contribution in [0.3, 0.4) is 0 Å². The third-order valence-corrected chi connectivity index (χ3v) is 5.29. The smallest absolute Gasteiger partial charge is 0.178 e. The van der Waals surface area contributed by atoms with E-state index in [1.165, 1.54) is 6.07 Å². The molecule has 1 fully saturated rings. The van der Waals surface area contributed by atoms with Crippen LogP contribution in [0.15, 0.2) is 23.1 Å². The minimum atomic E-state index is -3.56. The number of nitrogens with zero attached hydrogens (tertiary/aromatic N) is 1. The van der Waals surface area contributed by atoms with Crippen LogP contribution in [0.2, 0.25) is 0 Å². The Kier molecular flexibility index (Phi) is 4.18. The van der Waals surface area contributed by atoms with Crippen LogP contribution in [0.5, 0.6) is 0 Å². The summed E-state index contributed by atoms with van der Waals surface area (Å²) in [6.45, 7) is 3.31. The van der Waals surface area contributed by atoms with Gasteiger partial charge in [-0.1, -0.05) is 12.1 Å². The maximum absolute atomic E-state index is 14.4. The maximum Gasteiger partial charge on any atom is 0.178 e. The Morgan fingerprint density at radius 1 is 1.35 bits per heavy atom. The molecule has 1 saturated heterocycles. The van der Waals surface area contributed by atoms with Crippen molar-refractivity contribution in [3.05, 3.63) is 34.8 Å². The molecule has 2 rings (SSSR count). The molecule has 20 heavy (non-hydrogen) atoms. The number of quaternary nitrogens is 1. The molecule has 6 heteroatoms. The molecule has 4 nitrogen and oxygen atoms in total. The average Bonchev–Trinajstić information content (AvgIpc) is 2.39. The minimum absolute atomic E-state index is 0.0663. The predicted molar refractivity (Wildman–Crippen MR) is 75.4 cm³/mol. The van der Waals surface area contributed by atoms with Crippen molar-refractivity contribution in [2.45, 2.75) is 30.6 Å². The molecule has 0 bridgehead atoms. The molecular formula is C14H20FNO3S. The van der Waals surface area contributed by atoms with Crippen molar-refractivity contribution in [2.75, 3.05) is 25.9 Å². The van der Waals surface area contributed by atoms with Crippen LogP contribution < -0.4 is 0 Å². The van der Waals surface area contributed by atoms with E-state index in [1.54, 1.807) is 12.1 Å². The van der Waals surface area contributed by atoms with Crippen molar-refractivity contribution in [1.82, 2.24) is 0 Å². The average molecular weight is 301 g/mol. The maximum atomic E-state index is 14.4. The van der Waals surface area contributed by atoms with E-state index < -0.39 is 15.7 Å². The number of hydrogen-bond acceptors (Lipinski definition) is 3. The molecule has 1 aliphatic rings. The van der Waals surface area contributed by atoms with Gasteiger partial charge in [0.1, 0.15) is 10.7 Å². The molecule has 0 spiro atoms. The molecule has 1 aliphatic heterocycles. The summed E-state index contributed by atoms with van der Waals surface area (Å²) in [7, 11) is -3.56. The number of rotatable bonds is 3. The Morgan fingerprint density at radius 3 is 2.45 bits per heavy atom. The van der Waals surface area contributed by atoms with Crippen molar-refractivity contribution >= 4 is 9.84 Å². The highest BCUT2D eigenvalue weighted by Gasteiger charge is 2.29. The first-order valence-corrected chi connectivity index (χ1v) is 8.71. The molecule has 1 aromatic rings. The summed E-state index contributed by atoms with van der Waals surface area (Å²) in [5.41, 5.74) is 0.426. The SMILES string of the molecule is CC[N+]1([O-])CCC(c2cccc(S(C)(=O)=O)c2F)CC1. The topological polar surface area (TPSA) is 57.2 Å². The Morgan fingerprint density at radius 2 is 1.95 bits per heavy atom. The number of piperidine rings is 1. The van der Waals surface area contributed by atoms with Gasteiger partial charge in [-0.05, 0) is 24.5 Å². The van der Waals surface area contributed by atoms with E-state index in [1.807, 2.05) is 6.92 Å². The molecule has 0 atom stereocenters. The van der Waals surface area contributed by atoms with Crippen molar-refractivity contribution in [3.63, 3.8) is 0 Å². The number of sulfone groups is 1. The fourth-order valence-corrected chi connectivity index (χ4v) is 3.56. The van der Waals surface area contributed by atoms with Gasteiger partial charge in [0.05, 0.1) is 19.6 Å². The summed E-state index contributed by atoms with van der Waals surface area (Å²) < 4.78 is 37.2. The second kappa shape index (κ2) is 5.42. The summed E-state index contributed by atoms with van der Waals surface area (Å²) in [5.74, 6) is -0.717. The van der Waals surface area contributed by atoms with Gasteiger partial charge in [-0.2, -0.15) is 0 Å². The van der Waals surface area contributed by atoms with Crippen LogP contribution in [0.25, 0.3) is 0 Å². The van der Waals surface area contributed by atoms with Gasteiger partial charge < -0.3 is 9.85 Å². The second-order valence-electron chi connectivity index (χ2n) is 5.53. The summed E-state index contributed by atoms with van der Waals surface area (Å²) in [6.07, 6.45) is 2.20. The molecule has 0 aliphatic carbocycles. The zero-order valence-corrected chi connectivity index (χ0v) is 12.6. The van der Waals surface area contributed by atoms with Crippen molar-refractivity contribution < 1.29 is 17.5 Å². The Balaban J connectivity index is 2.28. The van der Waals surface area contributed by atoms with E-state index in [4.69, 9.17) is 0 Å². The van der Waals surface area contributed by atoms with E-state index >= 15 is 0 Å². The van der Waals surface area contributed by atoms with Crippen LogP contribution in [0.4, 0.5) is 4.39 Å². The third-order valence-electron chi connectivity index (χ3n) is 4.18. The first kappa shape index (κ1) is 15.4. The van der Waals surface area contributed by atoms with Gasteiger partial charge >= 0.3 is 0 Å². The van der Waals surface area contributed by atoms with Gasteiger partial charge in [0.25, 0.3) is 0 Å². The lowest BCUT2D eigenvalue weighted by molar-refractivity contribution is -0.884. The predicted octanol–water partition coefficient (Wildman–Crippen LogP) is 2.44. The van der Waals surface area contributed by atoms with E-state index in [-0.39, 0.29) is 15.5 Å². The summed E-state index contributed by atoms with van der Waals surface area (Å²) in [5, 5.41) is 12.1. The van der Waals surface area contributed by atoms with E-state index in [0.29, 0.717) is 38.0 Å². The first-order chi connectivity index (χ1) is 9.27. The second-order valence-corrected chi connectivity index (χ2v) is 7.51. The van der Waals surface area contributed by atoms with Gasteiger partial charge in [0.2, 0.25) is 0 Å². The van der Waals surface area contributed by atoms with Crippen LogP contribution in [-0.2, 0) is 9.84 Å². The lowest BCUT2D eigenvalue weighted by atomic mass is 9.89. The van der Waals surface area contributed by atoms with Crippen LogP contribution in [0.1, 0.15) is 31.2 Å². The molecular weight excluding hydrogens is 281 g/mol. The van der Waals surface area contributed by atoms with Crippen molar-refractivity contribution in [1.29, 1.82) is 0 Å². The van der Waals surface area contributed by atoms with E-state index in [0.717, 1.165) is 6.26 Å². The van der Waals surface area contributed by atoms with Crippen LogP contribution in [0, 0.1) is 11.0 Å². The number of likely N-dealkylation sites (tertiary alicyclic amines) is 1. The number of halogens is 1. The van der Waals surface area contributed by atoms with E-state index in [9.17, 15) is 18.0 Å². The van der Waals surface area contributed by atoms with Gasteiger partial charge in [0.15, 0.2) is 9.84 Å². The summed E-state index contributed by atoms with van der Waals surface area (Å²) >= 11 is 0. The normalized spacial score (nSPS) is 27.5. The zero-order valence-electron chi connectivity index (χ0n) is 11.8. The molecule has 1 heterocycles. The molecule has 0 aromatic heterocycles. The number of benzene rings is 1. The Hall–Kier alpha value is -0.980. The fourth-order valence-electron chi connectivity index (χ4n) is 2.80. The van der Waals surface area contributed by atoms with Gasteiger partial charge in [-0.25, -0.2) is 12.8 Å². The fraction of sp³-hybridized carbons (Fsp3) is 0.571. The van der Waals surface area contributed by atoms with Crippen molar-refractivity contribution in [3.8, 4) is 0 Å². The third kappa shape index (κ3) is 3.02. The summed E-state index contributed by atoms with van der Waals surface area (Å²) in [6, 6.07) is 4.49. The largest absolute Gasteiger partial charge is 0.633 e. The zero-order chi connectivity index (χ0) is 15.0. The number of hydrogen-bond donors (Lipinski definition) is 0. The molecule has 1 aromatic carbocycles. The molecule has 0 N–H and O–H groups in total. The van der Waals surface area contributed by atoms with Gasteiger partial charge in [0, 0.05) is 19.1 Å². The standard InChI is InChI=1S/C14H20FNO3S/c1-3-16(17)9-7-11(8-10-16)12-5-4-6-13(14(12)15)20(2,18)19/h4-6,11H,3,7-10H2,1-2H3. The lowest BCUT2D eigenvalue weighted by Crippen LogP contribution is -2.47. The van der Waals surface area contributed by atoms with Gasteiger partial charge in [-0.3, -0.25) is 0 Å². The quantitative estimate of drug-likeness (QED) is 0.636. The Labute approximate surface area is 119 Å².